The van der Waals surface area contributed by atoms with Gasteiger partial charge in [0.2, 0.25) is 0 Å². The minimum absolute atomic E-state index is 0.842. The van der Waals surface area contributed by atoms with Gasteiger partial charge in [-0.15, -0.1) is 0 Å². The Morgan fingerprint density at radius 2 is 1.61 bits per heavy atom. The first-order valence-electron chi connectivity index (χ1n) is 5.63. The van der Waals surface area contributed by atoms with Crippen molar-refractivity contribution < 1.29 is 0 Å². The predicted octanol–water partition coefficient (Wildman–Crippen LogP) is 5.28. The quantitative estimate of drug-likeness (QED) is 0.779. The van der Waals surface area contributed by atoms with Crippen LogP contribution in [0.3, 0.4) is 0 Å². The summed E-state index contributed by atoms with van der Waals surface area (Å²) in [5, 5.41) is 3.38. The van der Waals surface area contributed by atoms with Gasteiger partial charge in [0, 0.05) is 16.4 Å². The molecule has 2 nitrogen and oxygen atoms in total. The van der Waals surface area contributed by atoms with E-state index in [4.69, 9.17) is 0 Å². The number of rotatable bonds is 2. The van der Waals surface area contributed by atoms with Gasteiger partial charge in [0.05, 0.1) is 4.47 Å². The molecule has 4 heteroatoms. The Morgan fingerprint density at radius 3 is 2.17 bits per heavy atom. The number of hydrogen-bond donors (Lipinski definition) is 1. The summed E-state index contributed by atoms with van der Waals surface area (Å²) in [6, 6.07) is 6.24. The summed E-state index contributed by atoms with van der Waals surface area (Å²) >= 11 is 7.04. The molecule has 0 saturated heterocycles. The van der Waals surface area contributed by atoms with Crippen molar-refractivity contribution in [2.75, 3.05) is 5.32 Å². The summed E-state index contributed by atoms with van der Waals surface area (Å²) in [5.41, 5.74) is 4.62. The van der Waals surface area contributed by atoms with E-state index in [9.17, 15) is 0 Å². The van der Waals surface area contributed by atoms with E-state index in [2.05, 4.69) is 74.2 Å². The molecule has 1 heterocycles. The normalized spacial score (nSPS) is 10.5. The number of pyridine rings is 1. The summed E-state index contributed by atoms with van der Waals surface area (Å²) in [4.78, 5) is 4.41. The van der Waals surface area contributed by atoms with Gasteiger partial charge in [0.1, 0.15) is 5.82 Å². The maximum Gasteiger partial charge on any atom is 0.144 e. The van der Waals surface area contributed by atoms with E-state index in [0.717, 1.165) is 26.0 Å². The molecule has 2 rings (SSSR count). The lowest BCUT2D eigenvalue weighted by Crippen LogP contribution is -1.99. The summed E-state index contributed by atoms with van der Waals surface area (Å²) < 4.78 is 2.07. The number of benzene rings is 1. The Labute approximate surface area is 124 Å². The van der Waals surface area contributed by atoms with Crippen LogP contribution in [0.2, 0.25) is 0 Å². The summed E-state index contributed by atoms with van der Waals surface area (Å²) in [6.07, 6.45) is 1.86. The van der Waals surface area contributed by atoms with Gasteiger partial charge in [0.15, 0.2) is 0 Å². The Hall–Kier alpha value is -0.870. The largest absolute Gasteiger partial charge is 0.339 e. The molecule has 1 aromatic carbocycles. The van der Waals surface area contributed by atoms with E-state index in [1.807, 2.05) is 13.1 Å². The van der Waals surface area contributed by atoms with Crippen molar-refractivity contribution in [2.45, 2.75) is 20.8 Å². The second kappa shape index (κ2) is 5.41. The molecule has 0 aliphatic rings. The molecule has 0 atom stereocenters. The van der Waals surface area contributed by atoms with Crippen LogP contribution in [0.15, 0.2) is 33.3 Å². The first-order chi connectivity index (χ1) is 8.47. The molecular formula is C14H14Br2N2. The highest BCUT2D eigenvalue weighted by Gasteiger charge is 2.07. The zero-order valence-electron chi connectivity index (χ0n) is 10.5. The van der Waals surface area contributed by atoms with Gasteiger partial charge in [-0.3, -0.25) is 0 Å². The molecular weight excluding hydrogens is 356 g/mol. The Bertz CT molecular complexity index is 571. The Balaban J connectivity index is 2.40. The summed E-state index contributed by atoms with van der Waals surface area (Å²) in [6.45, 7) is 6.20. The zero-order valence-corrected chi connectivity index (χ0v) is 13.7. The van der Waals surface area contributed by atoms with E-state index < -0.39 is 0 Å². The molecule has 0 fully saturated rings. The molecule has 0 aliphatic carbocycles. The SMILES string of the molecule is Cc1cnc(Nc2c(C)cc(Br)cc2C)c(Br)c1. The number of aryl methyl sites for hydroxylation is 3. The van der Waals surface area contributed by atoms with Gasteiger partial charge in [-0.05, 0) is 71.6 Å². The molecule has 1 N–H and O–H groups in total. The van der Waals surface area contributed by atoms with Gasteiger partial charge in [-0.1, -0.05) is 15.9 Å². The van der Waals surface area contributed by atoms with E-state index in [1.54, 1.807) is 0 Å². The van der Waals surface area contributed by atoms with Gasteiger partial charge < -0.3 is 5.32 Å². The fourth-order valence-corrected chi connectivity index (χ4v) is 3.10. The smallest absolute Gasteiger partial charge is 0.144 e. The monoisotopic (exact) mass is 368 g/mol. The number of hydrogen-bond acceptors (Lipinski definition) is 2. The Morgan fingerprint density at radius 1 is 1.00 bits per heavy atom. The first-order valence-corrected chi connectivity index (χ1v) is 7.22. The van der Waals surface area contributed by atoms with Crippen LogP contribution in [-0.4, -0.2) is 4.98 Å². The van der Waals surface area contributed by atoms with Crippen LogP contribution in [0.4, 0.5) is 11.5 Å². The lowest BCUT2D eigenvalue weighted by molar-refractivity contribution is 1.23. The second-order valence-corrected chi connectivity index (χ2v) is 6.15. The highest BCUT2D eigenvalue weighted by Crippen LogP contribution is 2.30. The van der Waals surface area contributed by atoms with E-state index >= 15 is 0 Å². The van der Waals surface area contributed by atoms with Gasteiger partial charge in [0.25, 0.3) is 0 Å². The van der Waals surface area contributed by atoms with Crippen LogP contribution in [0, 0.1) is 20.8 Å². The van der Waals surface area contributed by atoms with Crippen molar-refractivity contribution in [1.82, 2.24) is 4.98 Å². The third kappa shape index (κ3) is 2.93. The molecule has 0 bridgehead atoms. The van der Waals surface area contributed by atoms with E-state index in [1.165, 1.54) is 11.1 Å². The molecule has 1 aromatic heterocycles. The van der Waals surface area contributed by atoms with Crippen LogP contribution < -0.4 is 5.32 Å². The second-order valence-electron chi connectivity index (χ2n) is 4.38. The van der Waals surface area contributed by atoms with Crippen molar-refractivity contribution in [3.8, 4) is 0 Å². The maximum atomic E-state index is 4.41. The highest BCUT2D eigenvalue weighted by molar-refractivity contribution is 9.10. The number of nitrogens with one attached hydrogen (secondary N) is 1. The molecule has 0 saturated carbocycles. The molecule has 2 aromatic rings. The van der Waals surface area contributed by atoms with Crippen LogP contribution in [0.1, 0.15) is 16.7 Å². The van der Waals surface area contributed by atoms with Crippen molar-refractivity contribution in [1.29, 1.82) is 0 Å². The summed E-state index contributed by atoms with van der Waals surface area (Å²) in [7, 11) is 0. The average molecular weight is 370 g/mol. The van der Waals surface area contributed by atoms with Crippen molar-refractivity contribution in [2.24, 2.45) is 0 Å². The third-order valence-electron chi connectivity index (χ3n) is 2.72. The first kappa shape index (κ1) is 13.6. The number of anilines is 2. The molecule has 0 spiro atoms. The fraction of sp³-hybridized carbons (Fsp3) is 0.214. The van der Waals surface area contributed by atoms with Crippen molar-refractivity contribution in [3.05, 3.63) is 50.0 Å². The molecule has 0 amide bonds. The van der Waals surface area contributed by atoms with Crippen LogP contribution in [-0.2, 0) is 0 Å². The topological polar surface area (TPSA) is 24.9 Å². The summed E-state index contributed by atoms with van der Waals surface area (Å²) in [5.74, 6) is 0.842. The molecule has 94 valence electrons. The predicted molar refractivity (Wildman–Crippen MR) is 83.6 cm³/mol. The minimum Gasteiger partial charge on any atom is -0.339 e. The molecule has 0 aliphatic heterocycles. The average Bonchev–Trinajstić information content (AvgIpc) is 2.25. The van der Waals surface area contributed by atoms with Crippen molar-refractivity contribution in [3.63, 3.8) is 0 Å². The number of nitrogens with zero attached hydrogens (tertiary/aromatic N) is 1. The highest BCUT2D eigenvalue weighted by atomic mass is 79.9. The number of halogens is 2. The van der Waals surface area contributed by atoms with Crippen LogP contribution in [0.25, 0.3) is 0 Å². The fourth-order valence-electron chi connectivity index (χ4n) is 1.85. The van der Waals surface area contributed by atoms with E-state index in [0.29, 0.717) is 0 Å². The van der Waals surface area contributed by atoms with Gasteiger partial charge >= 0.3 is 0 Å². The Kier molecular flexibility index (Phi) is 4.07. The van der Waals surface area contributed by atoms with E-state index in [-0.39, 0.29) is 0 Å². The standard InChI is InChI=1S/C14H14Br2N2/c1-8-4-12(16)14(17-7-8)18-13-9(2)5-11(15)6-10(13)3/h4-7H,1-3H3,(H,17,18). The van der Waals surface area contributed by atoms with Crippen molar-refractivity contribution >= 4 is 43.4 Å². The zero-order chi connectivity index (χ0) is 13.3. The number of aromatic nitrogens is 1. The molecule has 0 radical (unpaired) electrons. The lowest BCUT2D eigenvalue weighted by atomic mass is 10.1. The lowest BCUT2D eigenvalue weighted by Gasteiger charge is -2.14. The van der Waals surface area contributed by atoms with Gasteiger partial charge in [-0.25, -0.2) is 4.98 Å². The van der Waals surface area contributed by atoms with Crippen LogP contribution in [0.5, 0.6) is 0 Å². The molecule has 0 unspecified atom stereocenters. The van der Waals surface area contributed by atoms with Crippen LogP contribution >= 0.6 is 31.9 Å². The third-order valence-corrected chi connectivity index (χ3v) is 3.78. The maximum absolute atomic E-state index is 4.41. The minimum atomic E-state index is 0.842. The van der Waals surface area contributed by atoms with Gasteiger partial charge in [-0.2, -0.15) is 0 Å². The molecule has 18 heavy (non-hydrogen) atoms.